The molecule has 0 aromatic rings. The zero-order valence-electron chi connectivity index (χ0n) is 5.58. The highest BCUT2D eigenvalue weighted by molar-refractivity contribution is 4.98. The van der Waals surface area contributed by atoms with Gasteiger partial charge in [0.05, 0.1) is 6.10 Å². The van der Waals surface area contributed by atoms with Crippen molar-refractivity contribution in [2.75, 3.05) is 7.11 Å². The van der Waals surface area contributed by atoms with Gasteiger partial charge in [0, 0.05) is 7.11 Å². The van der Waals surface area contributed by atoms with E-state index in [1.165, 1.54) is 0 Å². The smallest absolute Gasteiger partial charge is 0.101 e. The summed E-state index contributed by atoms with van der Waals surface area (Å²) in [5.74, 6) is 0. The van der Waals surface area contributed by atoms with E-state index in [1.807, 2.05) is 12.2 Å². The van der Waals surface area contributed by atoms with Gasteiger partial charge in [-0.25, -0.2) is 0 Å². The van der Waals surface area contributed by atoms with Crippen molar-refractivity contribution in [2.24, 2.45) is 0 Å². The molecule has 0 fully saturated rings. The average Bonchev–Trinajstić information content (AvgIpc) is 1.89. The van der Waals surface area contributed by atoms with E-state index in [9.17, 15) is 5.11 Å². The Morgan fingerprint density at radius 2 is 2.44 bits per heavy atom. The maximum absolute atomic E-state index is 9.19. The minimum absolute atomic E-state index is 0.0706. The molecule has 1 rings (SSSR count). The molecule has 2 nitrogen and oxygen atoms in total. The van der Waals surface area contributed by atoms with Gasteiger partial charge in [0.1, 0.15) is 6.10 Å². The quantitative estimate of drug-likeness (QED) is 0.527. The van der Waals surface area contributed by atoms with E-state index in [-0.39, 0.29) is 12.2 Å². The van der Waals surface area contributed by atoms with Crippen LogP contribution < -0.4 is 0 Å². The predicted octanol–water partition coefficient (Wildman–Crippen LogP) is 0.712. The molecule has 0 amide bonds. The second-order valence-electron chi connectivity index (χ2n) is 2.27. The highest BCUT2D eigenvalue weighted by atomic mass is 16.5. The monoisotopic (exact) mass is 128 g/mol. The molecule has 52 valence electrons. The molecule has 0 radical (unpaired) electrons. The van der Waals surface area contributed by atoms with Crippen molar-refractivity contribution >= 4 is 0 Å². The molecule has 1 N–H and O–H groups in total. The van der Waals surface area contributed by atoms with Gasteiger partial charge in [-0.3, -0.25) is 0 Å². The molecule has 9 heavy (non-hydrogen) atoms. The van der Waals surface area contributed by atoms with Crippen LogP contribution in [0.25, 0.3) is 0 Å². The minimum atomic E-state index is -0.292. The number of hydrogen-bond donors (Lipinski definition) is 1. The number of aliphatic hydroxyl groups excluding tert-OH is 1. The fourth-order valence-corrected chi connectivity index (χ4v) is 1.03. The average molecular weight is 128 g/mol. The van der Waals surface area contributed by atoms with Crippen LogP contribution >= 0.6 is 0 Å². The first-order valence-electron chi connectivity index (χ1n) is 3.22. The summed E-state index contributed by atoms with van der Waals surface area (Å²) >= 11 is 0. The molecule has 1 aliphatic carbocycles. The highest BCUT2D eigenvalue weighted by Crippen LogP contribution is 2.13. The van der Waals surface area contributed by atoms with E-state index in [1.54, 1.807) is 7.11 Å². The number of ether oxygens (including phenoxy) is 1. The third-order valence-electron chi connectivity index (χ3n) is 1.61. The Hall–Kier alpha value is -0.340. The van der Waals surface area contributed by atoms with Crippen molar-refractivity contribution in [2.45, 2.75) is 25.0 Å². The molecule has 0 aromatic carbocycles. The Morgan fingerprint density at radius 3 is 2.89 bits per heavy atom. The lowest BCUT2D eigenvalue weighted by Gasteiger charge is -2.20. The Balaban J connectivity index is 2.46. The van der Waals surface area contributed by atoms with E-state index in [4.69, 9.17) is 4.74 Å². The first-order valence-corrected chi connectivity index (χ1v) is 3.22. The Kier molecular flexibility index (Phi) is 2.25. The summed E-state index contributed by atoms with van der Waals surface area (Å²) in [5, 5.41) is 9.19. The lowest BCUT2D eigenvalue weighted by Crippen LogP contribution is -2.27. The fraction of sp³-hybridized carbons (Fsp3) is 0.714. The van der Waals surface area contributed by atoms with Gasteiger partial charge in [-0.15, -0.1) is 0 Å². The van der Waals surface area contributed by atoms with E-state index in [0.29, 0.717) is 0 Å². The zero-order valence-corrected chi connectivity index (χ0v) is 5.58. The molecule has 0 heterocycles. The zero-order chi connectivity index (χ0) is 6.69. The highest BCUT2D eigenvalue weighted by Gasteiger charge is 2.17. The van der Waals surface area contributed by atoms with Crippen molar-refractivity contribution in [3.05, 3.63) is 12.2 Å². The van der Waals surface area contributed by atoms with E-state index in [2.05, 4.69) is 0 Å². The van der Waals surface area contributed by atoms with E-state index >= 15 is 0 Å². The van der Waals surface area contributed by atoms with Gasteiger partial charge in [0.2, 0.25) is 0 Å². The first kappa shape index (κ1) is 6.78. The second-order valence-corrected chi connectivity index (χ2v) is 2.27. The minimum Gasteiger partial charge on any atom is -0.390 e. The Morgan fingerprint density at radius 1 is 1.67 bits per heavy atom. The van der Waals surface area contributed by atoms with Gasteiger partial charge >= 0.3 is 0 Å². The summed E-state index contributed by atoms with van der Waals surface area (Å²) in [6.07, 6.45) is 5.39. The lowest BCUT2D eigenvalue weighted by molar-refractivity contribution is 0.00887. The normalized spacial score (nSPS) is 34.9. The summed E-state index contributed by atoms with van der Waals surface area (Å²) in [6, 6.07) is 0. The van der Waals surface area contributed by atoms with Crippen molar-refractivity contribution < 1.29 is 9.84 Å². The van der Waals surface area contributed by atoms with E-state index < -0.39 is 0 Å². The predicted molar refractivity (Wildman–Crippen MR) is 35.2 cm³/mol. The number of methoxy groups -OCH3 is 1. The summed E-state index contributed by atoms with van der Waals surface area (Å²) in [5.41, 5.74) is 0. The number of aliphatic hydroxyl groups is 1. The topological polar surface area (TPSA) is 29.5 Å². The van der Waals surface area contributed by atoms with Crippen molar-refractivity contribution in [3.8, 4) is 0 Å². The standard InChI is InChI=1S/C7H12O2/c1-9-7-5-3-2-4-6(7)8/h3,5-8H,2,4H2,1H3/t6-,7-/m1/s1. The van der Waals surface area contributed by atoms with Crippen LogP contribution in [-0.4, -0.2) is 24.4 Å². The number of rotatable bonds is 1. The van der Waals surface area contributed by atoms with Crippen molar-refractivity contribution in [1.82, 2.24) is 0 Å². The maximum Gasteiger partial charge on any atom is 0.101 e. The van der Waals surface area contributed by atoms with Crippen LogP contribution in [0.3, 0.4) is 0 Å². The van der Waals surface area contributed by atoms with Gasteiger partial charge in [-0.05, 0) is 12.8 Å². The Labute approximate surface area is 55.1 Å². The lowest BCUT2D eigenvalue weighted by atomic mass is 10.0. The molecule has 2 atom stereocenters. The first-order chi connectivity index (χ1) is 4.34. The summed E-state index contributed by atoms with van der Waals surface area (Å²) < 4.78 is 4.97. The van der Waals surface area contributed by atoms with Crippen LogP contribution in [0, 0.1) is 0 Å². The van der Waals surface area contributed by atoms with Gasteiger partial charge in [-0.1, -0.05) is 12.2 Å². The summed E-state index contributed by atoms with van der Waals surface area (Å²) in [4.78, 5) is 0. The maximum atomic E-state index is 9.19. The van der Waals surface area contributed by atoms with Crippen LogP contribution in [0.15, 0.2) is 12.2 Å². The van der Waals surface area contributed by atoms with Gasteiger partial charge in [0.25, 0.3) is 0 Å². The largest absolute Gasteiger partial charge is 0.390 e. The van der Waals surface area contributed by atoms with Gasteiger partial charge in [-0.2, -0.15) is 0 Å². The molecule has 0 saturated heterocycles. The van der Waals surface area contributed by atoms with Gasteiger partial charge < -0.3 is 9.84 Å². The van der Waals surface area contributed by atoms with E-state index in [0.717, 1.165) is 12.8 Å². The van der Waals surface area contributed by atoms with Crippen molar-refractivity contribution in [3.63, 3.8) is 0 Å². The molecular weight excluding hydrogens is 116 g/mol. The van der Waals surface area contributed by atoms with Gasteiger partial charge in [0.15, 0.2) is 0 Å². The molecule has 0 saturated carbocycles. The fourth-order valence-electron chi connectivity index (χ4n) is 1.03. The molecule has 0 unspecified atom stereocenters. The van der Waals surface area contributed by atoms with Crippen LogP contribution in [0.4, 0.5) is 0 Å². The van der Waals surface area contributed by atoms with Crippen molar-refractivity contribution in [1.29, 1.82) is 0 Å². The molecule has 0 bridgehead atoms. The second kappa shape index (κ2) is 2.99. The molecule has 0 spiro atoms. The van der Waals surface area contributed by atoms with Crippen LogP contribution in [-0.2, 0) is 4.74 Å². The molecule has 1 aliphatic rings. The Bertz CT molecular complexity index is 109. The van der Waals surface area contributed by atoms with Crippen LogP contribution in [0.5, 0.6) is 0 Å². The van der Waals surface area contributed by atoms with Crippen LogP contribution in [0.1, 0.15) is 12.8 Å². The van der Waals surface area contributed by atoms with Crippen LogP contribution in [0.2, 0.25) is 0 Å². The third-order valence-corrected chi connectivity index (χ3v) is 1.61. The third kappa shape index (κ3) is 1.53. The summed E-state index contributed by atoms with van der Waals surface area (Å²) in [6.45, 7) is 0. The number of hydrogen-bond acceptors (Lipinski definition) is 2. The summed E-state index contributed by atoms with van der Waals surface area (Å²) in [7, 11) is 1.61. The molecule has 0 aromatic heterocycles. The number of allylic oxidation sites excluding steroid dienone is 1. The molecule has 2 heteroatoms. The molecule has 0 aliphatic heterocycles. The SMILES string of the molecule is CO[C@@H]1C=CCC[C@H]1O. The molecular formula is C7H12O2.